The quantitative estimate of drug-likeness (QED) is 0.724. The van der Waals surface area contributed by atoms with Crippen LogP contribution in [0.5, 0.6) is 11.6 Å². The van der Waals surface area contributed by atoms with Crippen LogP contribution in [0.2, 0.25) is 0 Å². The van der Waals surface area contributed by atoms with E-state index in [-0.39, 0.29) is 5.91 Å². The van der Waals surface area contributed by atoms with E-state index in [1.165, 1.54) is 7.11 Å². The summed E-state index contributed by atoms with van der Waals surface area (Å²) in [4.78, 5) is 30.2. The van der Waals surface area contributed by atoms with E-state index >= 15 is 0 Å². The molecule has 0 saturated heterocycles. The van der Waals surface area contributed by atoms with Gasteiger partial charge in [-0.25, -0.2) is 4.98 Å². The maximum Gasteiger partial charge on any atom is 0.258 e. The lowest BCUT2D eigenvalue weighted by atomic mass is 10.0. The molecule has 3 aromatic rings. The van der Waals surface area contributed by atoms with E-state index in [4.69, 9.17) is 15.2 Å². The molecule has 2 aromatic carbocycles. The number of pyridine rings is 1. The minimum Gasteiger partial charge on any atom is -0.491 e. The number of primary amides is 1. The first-order valence-electron chi connectivity index (χ1n) is 8.95. The standard InChI is InChI=1S/C22H19N3O4/c1-28-19-10-15(11-24-21(19)29-2)13-6-7-18-16(8-13)12-25(22(18)27)17-5-3-4-14(9-17)20(23)26/h3-11H,12H2,1-2H3,(H2,23,26). The summed E-state index contributed by atoms with van der Waals surface area (Å²) in [6.07, 6.45) is 1.70. The van der Waals surface area contributed by atoms with Crippen molar-refractivity contribution in [3.05, 3.63) is 71.4 Å². The average molecular weight is 389 g/mol. The number of hydrogen-bond donors (Lipinski definition) is 1. The molecule has 146 valence electrons. The molecule has 1 aromatic heterocycles. The molecular formula is C22H19N3O4. The van der Waals surface area contributed by atoms with Gasteiger partial charge in [-0.3, -0.25) is 9.59 Å². The van der Waals surface area contributed by atoms with Gasteiger partial charge in [-0.15, -0.1) is 0 Å². The fourth-order valence-electron chi connectivity index (χ4n) is 3.43. The molecule has 4 rings (SSSR count). The first-order chi connectivity index (χ1) is 14.0. The molecule has 0 atom stereocenters. The number of fused-ring (bicyclic) bond motifs is 1. The number of amides is 2. The van der Waals surface area contributed by atoms with Crippen LogP contribution >= 0.6 is 0 Å². The number of aromatic nitrogens is 1. The van der Waals surface area contributed by atoms with Gasteiger partial charge in [0.25, 0.3) is 11.8 Å². The zero-order valence-electron chi connectivity index (χ0n) is 16.0. The van der Waals surface area contributed by atoms with Crippen molar-refractivity contribution in [2.24, 2.45) is 5.73 Å². The smallest absolute Gasteiger partial charge is 0.258 e. The zero-order valence-corrected chi connectivity index (χ0v) is 16.0. The van der Waals surface area contributed by atoms with Crippen LogP contribution in [0.15, 0.2) is 54.7 Å². The highest BCUT2D eigenvalue weighted by Gasteiger charge is 2.29. The molecule has 1 aliphatic rings. The summed E-state index contributed by atoms with van der Waals surface area (Å²) in [5, 5.41) is 0. The maximum atomic E-state index is 12.9. The molecule has 0 bridgehead atoms. The van der Waals surface area contributed by atoms with Gasteiger partial charge in [-0.2, -0.15) is 0 Å². The monoisotopic (exact) mass is 389 g/mol. The molecule has 2 heterocycles. The van der Waals surface area contributed by atoms with E-state index in [9.17, 15) is 9.59 Å². The molecule has 1 aliphatic heterocycles. The third kappa shape index (κ3) is 3.27. The lowest BCUT2D eigenvalue weighted by molar-refractivity contribution is 0.0987. The third-order valence-electron chi connectivity index (χ3n) is 4.92. The normalized spacial score (nSPS) is 12.6. The van der Waals surface area contributed by atoms with Crippen LogP contribution in [0.25, 0.3) is 11.1 Å². The summed E-state index contributed by atoms with van der Waals surface area (Å²) >= 11 is 0. The topological polar surface area (TPSA) is 94.8 Å². The summed E-state index contributed by atoms with van der Waals surface area (Å²) in [7, 11) is 3.09. The number of rotatable bonds is 5. The van der Waals surface area contributed by atoms with Crippen molar-refractivity contribution < 1.29 is 19.1 Å². The molecule has 0 saturated carbocycles. The molecule has 0 radical (unpaired) electrons. The molecule has 0 spiro atoms. The summed E-state index contributed by atoms with van der Waals surface area (Å²) in [6, 6.07) is 14.3. The molecule has 0 unspecified atom stereocenters. The van der Waals surface area contributed by atoms with E-state index in [1.807, 2.05) is 24.3 Å². The molecule has 0 aliphatic carbocycles. The Labute approximate surface area is 167 Å². The largest absolute Gasteiger partial charge is 0.491 e. The highest BCUT2D eigenvalue weighted by atomic mass is 16.5. The van der Waals surface area contributed by atoms with Crippen molar-refractivity contribution in [1.29, 1.82) is 0 Å². The molecule has 7 nitrogen and oxygen atoms in total. The molecule has 7 heteroatoms. The van der Waals surface area contributed by atoms with E-state index in [0.717, 1.165) is 16.7 Å². The van der Waals surface area contributed by atoms with Crippen LogP contribution in [-0.4, -0.2) is 31.0 Å². The van der Waals surface area contributed by atoms with Gasteiger partial charge in [0.15, 0.2) is 5.75 Å². The minimum absolute atomic E-state index is 0.112. The lowest BCUT2D eigenvalue weighted by Gasteiger charge is -2.16. The van der Waals surface area contributed by atoms with Gasteiger partial charge >= 0.3 is 0 Å². The Morgan fingerprint density at radius 3 is 2.62 bits per heavy atom. The van der Waals surface area contributed by atoms with Crippen molar-refractivity contribution in [3.8, 4) is 22.8 Å². The predicted molar refractivity (Wildman–Crippen MR) is 108 cm³/mol. The lowest BCUT2D eigenvalue weighted by Crippen LogP contribution is -2.23. The van der Waals surface area contributed by atoms with Gasteiger partial charge in [0, 0.05) is 28.6 Å². The summed E-state index contributed by atoms with van der Waals surface area (Å²) in [6.45, 7) is 0.408. The van der Waals surface area contributed by atoms with E-state index in [2.05, 4.69) is 4.98 Å². The summed E-state index contributed by atoms with van der Waals surface area (Å²) in [5.41, 5.74) is 9.66. The number of hydrogen-bond acceptors (Lipinski definition) is 5. The van der Waals surface area contributed by atoms with Gasteiger partial charge in [0.05, 0.1) is 20.8 Å². The Balaban J connectivity index is 1.67. The first kappa shape index (κ1) is 18.5. The van der Waals surface area contributed by atoms with E-state index < -0.39 is 5.91 Å². The van der Waals surface area contributed by atoms with Gasteiger partial charge in [0.2, 0.25) is 5.91 Å². The zero-order chi connectivity index (χ0) is 20.5. The number of benzene rings is 2. The van der Waals surface area contributed by atoms with Gasteiger partial charge in [-0.05, 0) is 47.5 Å². The van der Waals surface area contributed by atoms with Crippen molar-refractivity contribution >= 4 is 17.5 Å². The van der Waals surface area contributed by atoms with Crippen molar-refractivity contribution in [2.75, 3.05) is 19.1 Å². The number of anilines is 1. The second-order valence-electron chi connectivity index (χ2n) is 6.61. The second kappa shape index (κ2) is 7.27. The number of carbonyl (C=O) groups is 2. The first-order valence-corrected chi connectivity index (χ1v) is 8.95. The number of methoxy groups -OCH3 is 2. The SMILES string of the molecule is COc1cc(-c2ccc3c(c2)CN(c2cccc(C(N)=O)c2)C3=O)cnc1OC. The van der Waals surface area contributed by atoms with E-state index in [1.54, 1.807) is 42.5 Å². The van der Waals surface area contributed by atoms with Gasteiger partial charge in [-0.1, -0.05) is 12.1 Å². The van der Waals surface area contributed by atoms with Crippen LogP contribution in [0.3, 0.4) is 0 Å². The van der Waals surface area contributed by atoms with Gasteiger partial charge in [0.1, 0.15) is 0 Å². The van der Waals surface area contributed by atoms with Crippen LogP contribution < -0.4 is 20.1 Å². The van der Waals surface area contributed by atoms with Crippen molar-refractivity contribution in [3.63, 3.8) is 0 Å². The Morgan fingerprint density at radius 1 is 1.07 bits per heavy atom. The molecule has 2 N–H and O–H groups in total. The third-order valence-corrected chi connectivity index (χ3v) is 4.92. The second-order valence-corrected chi connectivity index (χ2v) is 6.61. The maximum absolute atomic E-state index is 12.9. The van der Waals surface area contributed by atoms with Crippen molar-refractivity contribution in [2.45, 2.75) is 6.54 Å². The Kier molecular flexibility index (Phi) is 4.64. The fraction of sp³-hybridized carbons (Fsp3) is 0.136. The van der Waals surface area contributed by atoms with Gasteiger partial charge < -0.3 is 20.1 Å². The number of ether oxygens (including phenoxy) is 2. The Hall–Kier alpha value is -3.87. The summed E-state index contributed by atoms with van der Waals surface area (Å²) < 4.78 is 10.5. The minimum atomic E-state index is -0.528. The number of nitrogens with zero attached hydrogens (tertiary/aromatic N) is 2. The Morgan fingerprint density at radius 2 is 1.90 bits per heavy atom. The molecular weight excluding hydrogens is 370 g/mol. The number of carbonyl (C=O) groups excluding carboxylic acids is 2. The van der Waals surface area contributed by atoms with E-state index in [0.29, 0.717) is 35.0 Å². The molecule has 29 heavy (non-hydrogen) atoms. The molecule has 0 fully saturated rings. The predicted octanol–water partition coefficient (Wildman–Crippen LogP) is 3.03. The van der Waals surface area contributed by atoms with Crippen LogP contribution in [-0.2, 0) is 6.54 Å². The highest BCUT2D eigenvalue weighted by Crippen LogP contribution is 2.34. The Bertz CT molecular complexity index is 1130. The van der Waals surface area contributed by atoms with Crippen LogP contribution in [0.1, 0.15) is 26.3 Å². The highest BCUT2D eigenvalue weighted by molar-refractivity contribution is 6.10. The molecule has 2 amide bonds. The average Bonchev–Trinajstić information content (AvgIpc) is 3.09. The van der Waals surface area contributed by atoms with Crippen LogP contribution in [0.4, 0.5) is 5.69 Å². The summed E-state index contributed by atoms with van der Waals surface area (Å²) in [5.74, 6) is 0.303. The number of nitrogens with two attached hydrogens (primary N) is 1. The van der Waals surface area contributed by atoms with Crippen LogP contribution in [0, 0.1) is 0 Å². The van der Waals surface area contributed by atoms with Crippen molar-refractivity contribution in [1.82, 2.24) is 4.98 Å². The fourth-order valence-corrected chi connectivity index (χ4v) is 3.43.